The van der Waals surface area contributed by atoms with Gasteiger partial charge in [-0.2, -0.15) is 11.8 Å². The van der Waals surface area contributed by atoms with Gasteiger partial charge in [-0.15, -0.1) is 0 Å². The predicted molar refractivity (Wildman–Crippen MR) is 147 cm³/mol. The number of carboxylic acids is 2. The van der Waals surface area contributed by atoms with Gasteiger partial charge in [-0.3, -0.25) is 19.2 Å². The van der Waals surface area contributed by atoms with Crippen LogP contribution in [-0.4, -0.2) is 76.0 Å². The summed E-state index contributed by atoms with van der Waals surface area (Å²) in [7, 11) is 0. The van der Waals surface area contributed by atoms with E-state index in [9.17, 15) is 34.2 Å². The SMILES string of the molecule is CSCCC(NC(=O)C(CC(=O)O)NC(=O)C(N)Cc1ccccc1)C(=O)NC(Cc1ccccc1)C(=O)O. The first-order chi connectivity index (χ1) is 18.6. The smallest absolute Gasteiger partial charge is 0.326 e. The van der Waals surface area contributed by atoms with E-state index >= 15 is 0 Å². The third-order valence-electron chi connectivity index (χ3n) is 5.79. The van der Waals surface area contributed by atoms with E-state index in [1.807, 2.05) is 6.07 Å². The van der Waals surface area contributed by atoms with E-state index in [0.29, 0.717) is 11.3 Å². The second kappa shape index (κ2) is 16.1. The van der Waals surface area contributed by atoms with Crippen LogP contribution in [0.2, 0.25) is 0 Å². The van der Waals surface area contributed by atoms with Crippen molar-refractivity contribution in [2.45, 2.75) is 49.9 Å². The number of hydrogen-bond acceptors (Lipinski definition) is 7. The lowest BCUT2D eigenvalue weighted by Gasteiger charge is -2.24. The van der Waals surface area contributed by atoms with Crippen molar-refractivity contribution >= 4 is 41.4 Å². The third kappa shape index (κ3) is 11.2. The number of aliphatic carboxylic acids is 2. The van der Waals surface area contributed by atoms with Crippen LogP contribution in [0, 0.1) is 0 Å². The molecule has 2 aromatic carbocycles. The first-order valence-electron chi connectivity index (χ1n) is 12.3. The average Bonchev–Trinajstić information content (AvgIpc) is 2.90. The lowest BCUT2D eigenvalue weighted by molar-refractivity contribution is -0.143. The lowest BCUT2D eigenvalue weighted by Crippen LogP contribution is -2.58. The molecule has 0 fully saturated rings. The van der Waals surface area contributed by atoms with Crippen molar-refractivity contribution in [2.24, 2.45) is 5.73 Å². The van der Waals surface area contributed by atoms with Crippen molar-refractivity contribution in [3.8, 4) is 0 Å². The Balaban J connectivity index is 2.11. The van der Waals surface area contributed by atoms with Gasteiger partial charge in [0.2, 0.25) is 17.7 Å². The zero-order valence-electron chi connectivity index (χ0n) is 21.5. The van der Waals surface area contributed by atoms with Gasteiger partial charge in [0.05, 0.1) is 12.5 Å². The number of nitrogens with one attached hydrogen (secondary N) is 3. The van der Waals surface area contributed by atoms with E-state index in [0.717, 1.165) is 5.56 Å². The molecule has 2 rings (SSSR count). The van der Waals surface area contributed by atoms with Gasteiger partial charge in [0, 0.05) is 6.42 Å². The Kier molecular flexibility index (Phi) is 13.0. The molecule has 0 aliphatic rings. The second-order valence-electron chi connectivity index (χ2n) is 8.89. The van der Waals surface area contributed by atoms with Crippen LogP contribution in [0.3, 0.4) is 0 Å². The standard InChI is InChI=1S/C27H34N4O7S/c1-39-13-12-20(25(35)31-22(27(37)38)15-18-10-6-3-7-11-18)29-26(36)21(16-23(32)33)30-24(34)19(28)14-17-8-4-2-5-9-17/h2-11,19-22H,12-16,28H2,1H3,(H,29,36)(H,30,34)(H,31,35)(H,32,33)(H,37,38). The summed E-state index contributed by atoms with van der Waals surface area (Å²) in [4.78, 5) is 62.0. The van der Waals surface area contributed by atoms with E-state index < -0.39 is 60.2 Å². The molecule has 210 valence electrons. The number of carbonyl (C=O) groups excluding carboxylic acids is 3. The zero-order valence-corrected chi connectivity index (χ0v) is 22.4. The van der Waals surface area contributed by atoms with Crippen molar-refractivity contribution in [3.05, 3.63) is 71.8 Å². The summed E-state index contributed by atoms with van der Waals surface area (Å²) in [5, 5.41) is 26.3. The summed E-state index contributed by atoms with van der Waals surface area (Å²) in [6.07, 6.45) is 1.41. The monoisotopic (exact) mass is 558 g/mol. The van der Waals surface area contributed by atoms with Gasteiger partial charge in [0.1, 0.15) is 18.1 Å². The fourth-order valence-electron chi connectivity index (χ4n) is 3.72. The highest BCUT2D eigenvalue weighted by molar-refractivity contribution is 7.98. The Morgan fingerprint density at radius 1 is 0.744 bits per heavy atom. The summed E-state index contributed by atoms with van der Waals surface area (Å²) < 4.78 is 0. The summed E-state index contributed by atoms with van der Waals surface area (Å²) in [5.74, 6) is -4.49. The molecule has 12 heteroatoms. The Labute approximate surface area is 230 Å². The molecule has 0 aliphatic carbocycles. The van der Waals surface area contributed by atoms with Gasteiger partial charge < -0.3 is 31.9 Å². The molecule has 7 N–H and O–H groups in total. The minimum Gasteiger partial charge on any atom is -0.481 e. The number of carboxylic acid groups (broad SMARTS) is 2. The molecule has 4 atom stereocenters. The highest BCUT2D eigenvalue weighted by atomic mass is 32.2. The van der Waals surface area contributed by atoms with E-state index in [-0.39, 0.29) is 19.3 Å². The number of hydrogen-bond donors (Lipinski definition) is 6. The van der Waals surface area contributed by atoms with Crippen LogP contribution in [0.15, 0.2) is 60.7 Å². The second-order valence-corrected chi connectivity index (χ2v) is 9.87. The molecule has 0 spiro atoms. The molecule has 11 nitrogen and oxygen atoms in total. The lowest BCUT2D eigenvalue weighted by atomic mass is 10.0. The van der Waals surface area contributed by atoms with Crippen molar-refractivity contribution in [1.29, 1.82) is 0 Å². The molecule has 0 heterocycles. The quantitative estimate of drug-likeness (QED) is 0.171. The van der Waals surface area contributed by atoms with Crippen molar-refractivity contribution in [3.63, 3.8) is 0 Å². The Hall–Kier alpha value is -3.90. The van der Waals surface area contributed by atoms with Crippen molar-refractivity contribution in [1.82, 2.24) is 16.0 Å². The molecule has 39 heavy (non-hydrogen) atoms. The molecular formula is C27H34N4O7S. The maximum absolute atomic E-state index is 13.1. The molecule has 4 unspecified atom stereocenters. The summed E-state index contributed by atoms with van der Waals surface area (Å²) >= 11 is 1.41. The van der Waals surface area contributed by atoms with Crippen LogP contribution in [0.5, 0.6) is 0 Å². The van der Waals surface area contributed by atoms with Crippen LogP contribution in [0.25, 0.3) is 0 Å². The number of rotatable bonds is 16. The van der Waals surface area contributed by atoms with Crippen molar-refractivity contribution < 1.29 is 34.2 Å². The van der Waals surface area contributed by atoms with Crippen LogP contribution >= 0.6 is 11.8 Å². The van der Waals surface area contributed by atoms with Crippen LogP contribution in [-0.2, 0) is 36.8 Å². The van der Waals surface area contributed by atoms with E-state index in [1.54, 1.807) is 60.9 Å². The zero-order chi connectivity index (χ0) is 28.8. The number of thioether (sulfide) groups is 1. The van der Waals surface area contributed by atoms with Gasteiger partial charge >= 0.3 is 11.9 Å². The summed E-state index contributed by atoms with van der Waals surface area (Å²) in [6.45, 7) is 0. The Bertz CT molecular complexity index is 1120. The molecule has 0 aliphatic heterocycles. The third-order valence-corrected chi connectivity index (χ3v) is 6.43. The first-order valence-corrected chi connectivity index (χ1v) is 13.7. The molecule has 0 bridgehead atoms. The summed E-state index contributed by atoms with van der Waals surface area (Å²) in [5.41, 5.74) is 7.47. The number of amides is 3. The molecule has 2 aromatic rings. The van der Waals surface area contributed by atoms with Gasteiger partial charge in [-0.25, -0.2) is 4.79 Å². The molecule has 0 radical (unpaired) electrons. The maximum atomic E-state index is 13.1. The molecule has 0 saturated heterocycles. The maximum Gasteiger partial charge on any atom is 0.326 e. The Morgan fingerprint density at radius 3 is 1.74 bits per heavy atom. The summed E-state index contributed by atoms with van der Waals surface area (Å²) in [6, 6.07) is 12.8. The van der Waals surface area contributed by atoms with E-state index in [4.69, 9.17) is 5.73 Å². The van der Waals surface area contributed by atoms with Crippen molar-refractivity contribution in [2.75, 3.05) is 12.0 Å². The molecule has 0 aromatic heterocycles. The average molecular weight is 559 g/mol. The normalized spacial score (nSPS) is 13.8. The van der Waals surface area contributed by atoms with Gasteiger partial charge in [0.25, 0.3) is 0 Å². The number of benzene rings is 2. The first kappa shape index (κ1) is 31.3. The number of carbonyl (C=O) groups is 5. The van der Waals surface area contributed by atoms with Gasteiger partial charge in [-0.1, -0.05) is 60.7 Å². The Morgan fingerprint density at radius 2 is 1.23 bits per heavy atom. The molecule has 0 saturated carbocycles. The highest BCUT2D eigenvalue weighted by Crippen LogP contribution is 2.08. The van der Waals surface area contributed by atoms with E-state index in [2.05, 4.69) is 16.0 Å². The molecule has 3 amide bonds. The number of nitrogens with two attached hydrogens (primary N) is 1. The van der Waals surface area contributed by atoms with Crippen LogP contribution in [0.4, 0.5) is 0 Å². The molecular weight excluding hydrogens is 524 g/mol. The minimum atomic E-state index is -1.50. The topological polar surface area (TPSA) is 188 Å². The fourth-order valence-corrected chi connectivity index (χ4v) is 4.19. The van der Waals surface area contributed by atoms with Gasteiger partial charge in [-0.05, 0) is 36.0 Å². The predicted octanol–water partition coefficient (Wildman–Crippen LogP) is 0.566. The van der Waals surface area contributed by atoms with Crippen LogP contribution in [0.1, 0.15) is 24.0 Å². The minimum absolute atomic E-state index is 0.0299. The fraction of sp³-hybridized carbons (Fsp3) is 0.370. The largest absolute Gasteiger partial charge is 0.481 e. The van der Waals surface area contributed by atoms with Gasteiger partial charge in [0.15, 0.2) is 0 Å². The highest BCUT2D eigenvalue weighted by Gasteiger charge is 2.31. The van der Waals surface area contributed by atoms with Crippen LogP contribution < -0.4 is 21.7 Å². The van der Waals surface area contributed by atoms with E-state index in [1.165, 1.54) is 11.8 Å².